The molecular formula is C27H37ClN2O2. The number of hydrogen-bond acceptors (Lipinski definition) is 3. The van der Waals surface area contributed by atoms with Gasteiger partial charge in [0.05, 0.1) is 0 Å². The van der Waals surface area contributed by atoms with Crippen LogP contribution in [0.2, 0.25) is 5.02 Å². The fourth-order valence-corrected chi connectivity index (χ4v) is 4.80. The van der Waals surface area contributed by atoms with Crippen molar-refractivity contribution < 1.29 is 9.53 Å². The van der Waals surface area contributed by atoms with E-state index in [2.05, 4.69) is 63.8 Å². The van der Waals surface area contributed by atoms with Crippen molar-refractivity contribution in [2.75, 3.05) is 32.8 Å². The van der Waals surface area contributed by atoms with Crippen molar-refractivity contribution in [2.45, 2.75) is 53.0 Å². The van der Waals surface area contributed by atoms with Crippen LogP contribution in [0.25, 0.3) is 0 Å². The van der Waals surface area contributed by atoms with Gasteiger partial charge in [0.1, 0.15) is 5.75 Å². The molecule has 0 radical (unpaired) electrons. The summed E-state index contributed by atoms with van der Waals surface area (Å²) in [6, 6.07) is 16.2. The van der Waals surface area contributed by atoms with Crippen LogP contribution >= 0.6 is 11.6 Å². The lowest BCUT2D eigenvalue weighted by Crippen LogP contribution is -2.49. The Bertz CT molecular complexity index is 877. The smallest absolute Gasteiger partial charge is 0.260 e. The Labute approximate surface area is 198 Å². The predicted molar refractivity (Wildman–Crippen MR) is 132 cm³/mol. The highest BCUT2D eigenvalue weighted by atomic mass is 35.5. The van der Waals surface area contributed by atoms with Gasteiger partial charge in [-0.05, 0) is 52.6 Å². The van der Waals surface area contributed by atoms with E-state index in [0.717, 1.165) is 49.9 Å². The summed E-state index contributed by atoms with van der Waals surface area (Å²) in [5, 5.41) is 0.757. The number of rotatable bonds is 7. The molecule has 1 aliphatic rings. The number of hydrogen-bond donors (Lipinski definition) is 0. The normalized spacial score (nSPS) is 15.6. The van der Waals surface area contributed by atoms with E-state index in [0.29, 0.717) is 0 Å². The lowest BCUT2D eigenvalue weighted by Gasteiger charge is -2.34. The molecule has 4 nitrogen and oxygen atoms in total. The molecule has 1 fully saturated rings. The van der Waals surface area contributed by atoms with Gasteiger partial charge in [-0.2, -0.15) is 0 Å². The van der Waals surface area contributed by atoms with Crippen LogP contribution in [0.3, 0.4) is 0 Å². The number of carbonyl (C=O) groups excluding carboxylic acids is 1. The number of amides is 1. The Morgan fingerprint density at radius 2 is 1.50 bits per heavy atom. The molecule has 174 valence electrons. The maximum atomic E-state index is 12.6. The molecular weight excluding hydrogens is 420 g/mol. The van der Waals surface area contributed by atoms with Crippen LogP contribution < -0.4 is 4.74 Å². The fraction of sp³-hybridized carbons (Fsp3) is 0.519. The van der Waals surface area contributed by atoms with Gasteiger partial charge in [-0.15, -0.1) is 0 Å². The molecule has 0 atom stereocenters. The van der Waals surface area contributed by atoms with Crippen LogP contribution in [-0.4, -0.2) is 48.5 Å². The second-order valence-electron chi connectivity index (χ2n) is 10.7. The predicted octanol–water partition coefficient (Wildman–Crippen LogP) is 5.78. The number of benzene rings is 2. The molecule has 1 saturated heterocycles. The monoisotopic (exact) mass is 456 g/mol. The van der Waals surface area contributed by atoms with Crippen molar-refractivity contribution in [3.8, 4) is 5.75 Å². The molecule has 3 rings (SSSR count). The van der Waals surface area contributed by atoms with E-state index in [1.165, 1.54) is 11.1 Å². The summed E-state index contributed by atoms with van der Waals surface area (Å²) in [4.78, 5) is 16.9. The summed E-state index contributed by atoms with van der Waals surface area (Å²) < 4.78 is 5.81. The maximum Gasteiger partial charge on any atom is 0.260 e. The quantitative estimate of drug-likeness (QED) is 0.529. The van der Waals surface area contributed by atoms with Gasteiger partial charge in [-0.3, -0.25) is 9.69 Å². The molecule has 0 unspecified atom stereocenters. The Balaban J connectivity index is 1.44. The summed E-state index contributed by atoms with van der Waals surface area (Å²) in [7, 11) is 0. The molecule has 0 bridgehead atoms. The largest absolute Gasteiger partial charge is 0.484 e. The van der Waals surface area contributed by atoms with Gasteiger partial charge in [-0.1, -0.05) is 70.5 Å². The van der Waals surface area contributed by atoms with Crippen LogP contribution in [0, 0.1) is 5.41 Å². The number of carbonyl (C=O) groups is 1. The van der Waals surface area contributed by atoms with E-state index >= 15 is 0 Å². The minimum atomic E-state index is 0.0493. The van der Waals surface area contributed by atoms with Crippen molar-refractivity contribution >= 4 is 17.5 Å². The van der Waals surface area contributed by atoms with Gasteiger partial charge in [0.15, 0.2) is 6.61 Å². The topological polar surface area (TPSA) is 32.8 Å². The van der Waals surface area contributed by atoms with Crippen LogP contribution in [0.15, 0.2) is 48.5 Å². The van der Waals surface area contributed by atoms with Crippen molar-refractivity contribution in [1.82, 2.24) is 9.80 Å². The SMILES string of the molecule is CC(C)(C)CC(C)(C)c1ccc(OCC(=O)N2CCN(Cc3ccc(Cl)cc3)CC2)cc1. The van der Waals surface area contributed by atoms with E-state index in [1.807, 2.05) is 29.2 Å². The molecule has 1 amide bonds. The molecule has 0 aliphatic carbocycles. The van der Waals surface area contributed by atoms with Crippen molar-refractivity contribution in [2.24, 2.45) is 5.41 Å². The van der Waals surface area contributed by atoms with Crippen LogP contribution in [-0.2, 0) is 16.8 Å². The highest BCUT2D eigenvalue weighted by Crippen LogP contribution is 2.36. The highest BCUT2D eigenvalue weighted by molar-refractivity contribution is 6.30. The fourth-order valence-electron chi connectivity index (χ4n) is 4.67. The average molecular weight is 457 g/mol. The van der Waals surface area contributed by atoms with E-state index in [-0.39, 0.29) is 23.3 Å². The van der Waals surface area contributed by atoms with Crippen LogP contribution in [0.5, 0.6) is 5.75 Å². The van der Waals surface area contributed by atoms with Gasteiger partial charge in [0, 0.05) is 37.7 Å². The van der Waals surface area contributed by atoms with E-state index in [4.69, 9.17) is 16.3 Å². The first-order valence-electron chi connectivity index (χ1n) is 11.5. The molecule has 1 aliphatic heterocycles. The second kappa shape index (κ2) is 10.3. The summed E-state index contributed by atoms with van der Waals surface area (Å²) in [6.07, 6.45) is 1.10. The first-order chi connectivity index (χ1) is 15.0. The molecule has 0 N–H and O–H groups in total. The zero-order valence-corrected chi connectivity index (χ0v) is 20.9. The second-order valence-corrected chi connectivity index (χ2v) is 11.2. The Morgan fingerprint density at radius 1 is 0.906 bits per heavy atom. The average Bonchev–Trinajstić information content (AvgIpc) is 2.73. The van der Waals surface area contributed by atoms with Crippen molar-refractivity contribution in [1.29, 1.82) is 0 Å². The maximum absolute atomic E-state index is 12.6. The summed E-state index contributed by atoms with van der Waals surface area (Å²) >= 11 is 5.96. The lowest BCUT2D eigenvalue weighted by molar-refractivity contribution is -0.135. The van der Waals surface area contributed by atoms with Gasteiger partial charge in [-0.25, -0.2) is 0 Å². The van der Waals surface area contributed by atoms with Gasteiger partial charge in [0.25, 0.3) is 5.91 Å². The zero-order chi connectivity index (χ0) is 23.4. The van der Waals surface area contributed by atoms with Gasteiger partial charge in [0.2, 0.25) is 0 Å². The Kier molecular flexibility index (Phi) is 7.89. The van der Waals surface area contributed by atoms with Gasteiger partial charge < -0.3 is 9.64 Å². The minimum Gasteiger partial charge on any atom is -0.484 e. The molecule has 0 spiro atoms. The molecule has 2 aromatic rings. The van der Waals surface area contributed by atoms with E-state index in [9.17, 15) is 4.79 Å². The number of piperazine rings is 1. The first kappa shape index (κ1) is 24.6. The summed E-state index contributed by atoms with van der Waals surface area (Å²) in [5.41, 5.74) is 2.90. The Morgan fingerprint density at radius 3 is 2.06 bits per heavy atom. The molecule has 2 aromatic carbocycles. The first-order valence-corrected chi connectivity index (χ1v) is 11.9. The highest BCUT2D eigenvalue weighted by Gasteiger charge is 2.27. The minimum absolute atomic E-state index is 0.0493. The number of nitrogens with zero attached hydrogens (tertiary/aromatic N) is 2. The molecule has 5 heteroatoms. The standard InChI is InChI=1S/C27H37ClN2O2/c1-26(2,3)20-27(4,5)22-8-12-24(13-9-22)32-19-25(31)30-16-14-29(15-17-30)18-21-6-10-23(28)11-7-21/h6-13H,14-20H2,1-5H3. The lowest BCUT2D eigenvalue weighted by atomic mass is 9.72. The van der Waals surface area contributed by atoms with Crippen LogP contribution in [0.1, 0.15) is 52.2 Å². The van der Waals surface area contributed by atoms with E-state index < -0.39 is 0 Å². The van der Waals surface area contributed by atoms with Gasteiger partial charge >= 0.3 is 0 Å². The molecule has 1 heterocycles. The summed E-state index contributed by atoms with van der Waals surface area (Å²) in [6.45, 7) is 15.5. The third kappa shape index (κ3) is 7.25. The zero-order valence-electron chi connectivity index (χ0n) is 20.2. The van der Waals surface area contributed by atoms with Crippen LogP contribution in [0.4, 0.5) is 0 Å². The number of halogens is 1. The molecule has 32 heavy (non-hydrogen) atoms. The number of ether oxygens (including phenoxy) is 1. The summed E-state index contributed by atoms with van der Waals surface area (Å²) in [5.74, 6) is 0.795. The third-order valence-electron chi connectivity index (χ3n) is 6.01. The molecule has 0 aromatic heterocycles. The Hall–Kier alpha value is -2.04. The molecule has 0 saturated carbocycles. The van der Waals surface area contributed by atoms with Crippen molar-refractivity contribution in [3.05, 3.63) is 64.7 Å². The third-order valence-corrected chi connectivity index (χ3v) is 6.27. The van der Waals surface area contributed by atoms with E-state index in [1.54, 1.807) is 0 Å². The van der Waals surface area contributed by atoms with Crippen molar-refractivity contribution in [3.63, 3.8) is 0 Å².